The van der Waals surface area contributed by atoms with Crippen molar-refractivity contribution < 1.29 is 40.4 Å². The van der Waals surface area contributed by atoms with Gasteiger partial charge in [-0.05, 0) is 48.9 Å². The smallest absolute Gasteiger partial charge is 0.490 e. The van der Waals surface area contributed by atoms with Crippen LogP contribution in [-0.2, 0) is 14.9 Å². The van der Waals surface area contributed by atoms with Crippen LogP contribution in [0.2, 0.25) is 0 Å². The Balaban J connectivity index is 2.39. The van der Waals surface area contributed by atoms with Crippen molar-refractivity contribution >= 4 is 21.8 Å². The van der Waals surface area contributed by atoms with Crippen LogP contribution in [0.15, 0.2) is 42.5 Å². The first-order chi connectivity index (χ1) is 14.0. The van der Waals surface area contributed by atoms with Crippen LogP contribution >= 0.6 is 0 Å². The van der Waals surface area contributed by atoms with Gasteiger partial charge in [0.1, 0.15) is 0 Å². The molecule has 0 heterocycles. The molecule has 2 aromatic carbocycles. The third-order valence-corrected chi connectivity index (χ3v) is 4.62. The van der Waals surface area contributed by atoms with E-state index >= 15 is 0 Å². The molecule has 0 saturated heterocycles. The van der Waals surface area contributed by atoms with Gasteiger partial charge in [-0.2, -0.15) is 26.9 Å². The number of nitrogens with one attached hydrogen (secondary N) is 1. The van der Waals surface area contributed by atoms with Gasteiger partial charge in [0, 0.05) is 5.69 Å². The molecule has 0 bridgehead atoms. The van der Waals surface area contributed by atoms with E-state index in [0.717, 1.165) is 18.2 Å². The second-order valence-electron chi connectivity index (χ2n) is 5.73. The van der Waals surface area contributed by atoms with Gasteiger partial charge in [0.05, 0.1) is 18.2 Å². The molecule has 8 nitrogen and oxygen atoms in total. The zero-order valence-corrected chi connectivity index (χ0v) is 16.1. The molecule has 1 atom stereocenters. The van der Waals surface area contributed by atoms with Crippen LogP contribution in [0.25, 0.3) is 0 Å². The summed E-state index contributed by atoms with van der Waals surface area (Å²) in [5.74, 6) is -2.44. The second-order valence-corrected chi connectivity index (χ2v) is 7.26. The Morgan fingerprint density at radius 3 is 2.33 bits per heavy atom. The highest BCUT2D eigenvalue weighted by atomic mass is 32.2. The normalized spacial score (nSPS) is 12.5. The standard InChI is InChI=1S/C18H15F3N2O6S/c1-2-28-15-9-12(5-8-14(15)29-30(26,27)18(19,20)21)16(17(24)25)23-13-6-3-11(10-22)4-7-13/h3-9,16,23H,2H2,1H3,(H,24,25). The monoisotopic (exact) mass is 444 g/mol. The summed E-state index contributed by atoms with van der Waals surface area (Å²) >= 11 is 0. The first kappa shape index (κ1) is 22.8. The van der Waals surface area contributed by atoms with Crippen LogP contribution in [0.4, 0.5) is 18.9 Å². The Kier molecular flexibility index (Phi) is 6.78. The van der Waals surface area contributed by atoms with E-state index in [1.807, 2.05) is 6.07 Å². The molecule has 1 unspecified atom stereocenters. The molecule has 0 amide bonds. The lowest BCUT2D eigenvalue weighted by Crippen LogP contribution is -2.28. The molecule has 0 fully saturated rings. The van der Waals surface area contributed by atoms with Crippen LogP contribution in [0.1, 0.15) is 24.1 Å². The zero-order chi connectivity index (χ0) is 22.5. The largest absolute Gasteiger partial charge is 0.534 e. The molecule has 2 rings (SSSR count). The quantitative estimate of drug-likeness (QED) is 0.469. The van der Waals surface area contributed by atoms with Crippen molar-refractivity contribution in [3.05, 3.63) is 53.6 Å². The summed E-state index contributed by atoms with van der Waals surface area (Å²) in [6.45, 7) is 1.45. The summed E-state index contributed by atoms with van der Waals surface area (Å²) in [5.41, 5.74) is -4.86. The summed E-state index contributed by atoms with van der Waals surface area (Å²) in [5, 5.41) is 21.1. The van der Waals surface area contributed by atoms with Gasteiger partial charge in [-0.1, -0.05) is 6.07 Å². The third-order valence-electron chi connectivity index (χ3n) is 3.66. The molecule has 0 aliphatic carbocycles. The van der Waals surface area contributed by atoms with Crippen molar-refractivity contribution in [2.75, 3.05) is 11.9 Å². The molecule has 0 radical (unpaired) electrons. The van der Waals surface area contributed by atoms with Crippen molar-refractivity contribution in [1.29, 1.82) is 5.26 Å². The van der Waals surface area contributed by atoms with E-state index in [1.165, 1.54) is 31.2 Å². The van der Waals surface area contributed by atoms with Gasteiger partial charge in [0.25, 0.3) is 0 Å². The molecule has 0 spiro atoms. The topological polar surface area (TPSA) is 126 Å². The maximum Gasteiger partial charge on any atom is 0.534 e. The minimum atomic E-state index is -5.93. The fraction of sp³-hybridized carbons (Fsp3) is 0.222. The van der Waals surface area contributed by atoms with Crippen LogP contribution < -0.4 is 14.2 Å². The number of hydrogen-bond acceptors (Lipinski definition) is 7. The van der Waals surface area contributed by atoms with Crippen LogP contribution in [0.3, 0.4) is 0 Å². The van der Waals surface area contributed by atoms with Gasteiger partial charge in [-0.3, -0.25) is 0 Å². The minimum absolute atomic E-state index is 0.0489. The number of halogens is 3. The third kappa shape index (κ3) is 5.32. The lowest BCUT2D eigenvalue weighted by atomic mass is 10.1. The van der Waals surface area contributed by atoms with Gasteiger partial charge in [-0.15, -0.1) is 0 Å². The molecular weight excluding hydrogens is 429 g/mol. The number of carbonyl (C=O) groups is 1. The number of benzene rings is 2. The molecular formula is C18H15F3N2O6S. The summed E-state index contributed by atoms with van der Waals surface area (Å²) in [6, 6.07) is 9.48. The Morgan fingerprint density at radius 2 is 1.83 bits per heavy atom. The van der Waals surface area contributed by atoms with E-state index in [1.54, 1.807) is 0 Å². The Morgan fingerprint density at radius 1 is 1.20 bits per heavy atom. The summed E-state index contributed by atoms with van der Waals surface area (Å²) in [4.78, 5) is 11.7. The zero-order valence-electron chi connectivity index (χ0n) is 15.3. The lowest BCUT2D eigenvalue weighted by Gasteiger charge is -2.19. The van der Waals surface area contributed by atoms with Crippen molar-refractivity contribution in [3.63, 3.8) is 0 Å². The fourth-order valence-electron chi connectivity index (χ4n) is 2.30. The first-order valence-electron chi connectivity index (χ1n) is 8.25. The number of carboxylic acid groups (broad SMARTS) is 1. The van der Waals surface area contributed by atoms with Gasteiger partial charge in [-0.25, -0.2) is 4.79 Å². The Hall–Kier alpha value is -3.46. The van der Waals surface area contributed by atoms with Crippen molar-refractivity contribution in [1.82, 2.24) is 0 Å². The van der Waals surface area contributed by atoms with Crippen molar-refractivity contribution in [2.45, 2.75) is 18.5 Å². The highest BCUT2D eigenvalue weighted by Gasteiger charge is 2.49. The molecule has 12 heteroatoms. The number of hydrogen-bond donors (Lipinski definition) is 2. The summed E-state index contributed by atoms with van der Waals surface area (Å²) in [6.07, 6.45) is 0. The molecule has 2 aromatic rings. The number of nitriles is 1. The molecule has 30 heavy (non-hydrogen) atoms. The average molecular weight is 444 g/mol. The van der Waals surface area contributed by atoms with Crippen molar-refractivity contribution in [2.24, 2.45) is 0 Å². The lowest BCUT2D eigenvalue weighted by molar-refractivity contribution is -0.138. The van der Waals surface area contributed by atoms with Gasteiger partial charge < -0.3 is 19.3 Å². The predicted octanol–water partition coefficient (Wildman–Crippen LogP) is 3.42. The summed E-state index contributed by atoms with van der Waals surface area (Å²) in [7, 11) is -5.93. The molecule has 160 valence electrons. The molecule has 0 aliphatic heterocycles. The summed E-state index contributed by atoms with van der Waals surface area (Å²) < 4.78 is 69.5. The van der Waals surface area contributed by atoms with E-state index in [4.69, 9.17) is 10.00 Å². The first-order valence-corrected chi connectivity index (χ1v) is 9.66. The SMILES string of the molecule is CCOc1cc(C(Nc2ccc(C#N)cc2)C(=O)O)ccc1OS(=O)(=O)C(F)(F)F. The number of alkyl halides is 3. The number of carboxylic acids is 1. The second kappa shape index (κ2) is 8.91. The average Bonchev–Trinajstić information content (AvgIpc) is 2.67. The molecule has 0 aromatic heterocycles. The van der Waals surface area contributed by atoms with E-state index in [0.29, 0.717) is 11.3 Å². The Labute approximate surface area is 169 Å². The van der Waals surface area contributed by atoms with Crippen molar-refractivity contribution in [3.8, 4) is 17.6 Å². The van der Waals surface area contributed by atoms with E-state index in [9.17, 15) is 31.5 Å². The van der Waals surface area contributed by atoms with Crippen LogP contribution in [-0.4, -0.2) is 31.6 Å². The minimum Gasteiger partial charge on any atom is -0.490 e. The highest BCUT2D eigenvalue weighted by molar-refractivity contribution is 7.88. The predicted molar refractivity (Wildman–Crippen MR) is 98.4 cm³/mol. The van der Waals surface area contributed by atoms with Gasteiger partial charge in [0.2, 0.25) is 0 Å². The van der Waals surface area contributed by atoms with E-state index in [-0.39, 0.29) is 17.9 Å². The molecule has 0 aliphatic rings. The van der Waals surface area contributed by atoms with E-state index in [2.05, 4.69) is 9.50 Å². The molecule has 0 saturated carbocycles. The van der Waals surface area contributed by atoms with Crippen LogP contribution in [0.5, 0.6) is 11.5 Å². The number of aliphatic carboxylic acids is 1. The molecule has 2 N–H and O–H groups in total. The highest BCUT2D eigenvalue weighted by Crippen LogP contribution is 2.35. The van der Waals surface area contributed by atoms with E-state index < -0.39 is 33.4 Å². The Bertz CT molecular complexity index is 1060. The maximum absolute atomic E-state index is 12.6. The van der Waals surface area contributed by atoms with Crippen LogP contribution in [0, 0.1) is 11.3 Å². The fourth-order valence-corrected chi connectivity index (χ4v) is 2.77. The van der Waals surface area contributed by atoms with Gasteiger partial charge >= 0.3 is 21.6 Å². The number of anilines is 1. The maximum atomic E-state index is 12.6. The number of ether oxygens (including phenoxy) is 1. The number of nitrogens with zero attached hydrogens (tertiary/aromatic N) is 1. The van der Waals surface area contributed by atoms with Gasteiger partial charge in [0.15, 0.2) is 17.5 Å². The number of rotatable bonds is 8.